The van der Waals surface area contributed by atoms with Crippen molar-refractivity contribution in [3.8, 4) is 0 Å². The van der Waals surface area contributed by atoms with E-state index < -0.39 is 0 Å². The molecule has 0 saturated carbocycles. The van der Waals surface area contributed by atoms with Crippen LogP contribution in [0.1, 0.15) is 38.4 Å². The Morgan fingerprint density at radius 1 is 1.39 bits per heavy atom. The molecule has 0 spiro atoms. The van der Waals surface area contributed by atoms with E-state index >= 15 is 0 Å². The average molecular weight is 251 g/mol. The predicted octanol–water partition coefficient (Wildman–Crippen LogP) is 1.56. The van der Waals surface area contributed by atoms with Crippen LogP contribution in [0.25, 0.3) is 0 Å². The Balaban J connectivity index is 2.86. The fraction of sp³-hybridized carbons (Fsp3) is 0.643. The quantitative estimate of drug-likeness (QED) is 0.736. The van der Waals surface area contributed by atoms with Crippen molar-refractivity contribution in [3.63, 3.8) is 0 Å². The zero-order chi connectivity index (χ0) is 13.4. The van der Waals surface area contributed by atoms with Gasteiger partial charge in [-0.1, -0.05) is 19.4 Å². The van der Waals surface area contributed by atoms with Crippen molar-refractivity contribution >= 4 is 0 Å². The summed E-state index contributed by atoms with van der Waals surface area (Å²) in [5, 5.41) is 9.21. The standard InChI is InChI=1S/C14H25N3O/c1-3-4-9-17(10-11-18)14(12(2)15)13-7-5-6-8-16-13/h5-8,12,14,18H,3-4,9-11,15H2,1-2H3. The van der Waals surface area contributed by atoms with E-state index in [1.807, 2.05) is 25.1 Å². The molecule has 0 aromatic carbocycles. The summed E-state index contributed by atoms with van der Waals surface area (Å²) in [5.41, 5.74) is 7.09. The summed E-state index contributed by atoms with van der Waals surface area (Å²) in [7, 11) is 0. The fourth-order valence-electron chi connectivity index (χ4n) is 2.22. The summed E-state index contributed by atoms with van der Waals surface area (Å²) in [5.74, 6) is 0. The van der Waals surface area contributed by atoms with Crippen molar-refractivity contribution < 1.29 is 5.11 Å². The van der Waals surface area contributed by atoms with Crippen LogP contribution in [-0.4, -0.2) is 40.7 Å². The molecule has 18 heavy (non-hydrogen) atoms. The lowest BCUT2D eigenvalue weighted by Gasteiger charge is -2.33. The highest BCUT2D eigenvalue weighted by atomic mass is 16.3. The van der Waals surface area contributed by atoms with Gasteiger partial charge in [0.25, 0.3) is 0 Å². The number of hydrogen-bond acceptors (Lipinski definition) is 4. The maximum Gasteiger partial charge on any atom is 0.0671 e. The van der Waals surface area contributed by atoms with Gasteiger partial charge in [-0.15, -0.1) is 0 Å². The molecular weight excluding hydrogens is 226 g/mol. The summed E-state index contributed by atoms with van der Waals surface area (Å²) < 4.78 is 0. The lowest BCUT2D eigenvalue weighted by molar-refractivity contribution is 0.132. The van der Waals surface area contributed by atoms with Crippen molar-refractivity contribution in [1.82, 2.24) is 9.88 Å². The second-order valence-corrected chi connectivity index (χ2v) is 4.67. The minimum atomic E-state index is -0.0108. The van der Waals surface area contributed by atoms with Gasteiger partial charge in [0.1, 0.15) is 0 Å². The highest BCUT2D eigenvalue weighted by Gasteiger charge is 2.24. The molecule has 1 aromatic heterocycles. The van der Waals surface area contributed by atoms with Crippen LogP contribution in [0.4, 0.5) is 0 Å². The van der Waals surface area contributed by atoms with Gasteiger partial charge in [0, 0.05) is 18.8 Å². The summed E-state index contributed by atoms with van der Waals surface area (Å²) in [4.78, 5) is 6.64. The first kappa shape index (κ1) is 15.1. The first-order chi connectivity index (χ1) is 8.70. The molecule has 0 aliphatic carbocycles. The fourth-order valence-corrected chi connectivity index (χ4v) is 2.22. The molecule has 0 amide bonds. The van der Waals surface area contributed by atoms with Crippen molar-refractivity contribution in [3.05, 3.63) is 30.1 Å². The van der Waals surface area contributed by atoms with Crippen molar-refractivity contribution in [2.24, 2.45) is 5.73 Å². The van der Waals surface area contributed by atoms with E-state index in [1.54, 1.807) is 6.20 Å². The van der Waals surface area contributed by atoms with E-state index in [1.165, 1.54) is 0 Å². The maximum atomic E-state index is 9.21. The van der Waals surface area contributed by atoms with Gasteiger partial charge in [-0.2, -0.15) is 0 Å². The van der Waals surface area contributed by atoms with Crippen LogP contribution < -0.4 is 5.73 Å². The number of nitrogens with two attached hydrogens (primary N) is 1. The first-order valence-corrected chi connectivity index (χ1v) is 6.72. The molecule has 0 fully saturated rings. The molecule has 102 valence electrons. The normalized spacial score (nSPS) is 14.7. The van der Waals surface area contributed by atoms with Gasteiger partial charge in [-0.25, -0.2) is 0 Å². The molecule has 4 heteroatoms. The van der Waals surface area contributed by atoms with Crippen molar-refractivity contribution in [2.75, 3.05) is 19.7 Å². The van der Waals surface area contributed by atoms with Gasteiger partial charge >= 0.3 is 0 Å². The lowest BCUT2D eigenvalue weighted by Crippen LogP contribution is -2.41. The minimum absolute atomic E-state index is 0.0108. The lowest BCUT2D eigenvalue weighted by atomic mass is 10.0. The Morgan fingerprint density at radius 3 is 2.67 bits per heavy atom. The largest absolute Gasteiger partial charge is 0.395 e. The Bertz CT molecular complexity index is 316. The molecule has 0 bridgehead atoms. The van der Waals surface area contributed by atoms with Crippen molar-refractivity contribution in [2.45, 2.75) is 38.8 Å². The zero-order valence-corrected chi connectivity index (χ0v) is 11.4. The highest BCUT2D eigenvalue weighted by molar-refractivity contribution is 5.11. The molecule has 2 atom stereocenters. The molecule has 1 rings (SSSR count). The Kier molecular flexibility index (Phi) is 6.86. The van der Waals surface area contributed by atoms with Crippen LogP contribution in [0.2, 0.25) is 0 Å². The number of aliphatic hydroxyl groups is 1. The van der Waals surface area contributed by atoms with Gasteiger partial charge in [-0.05, 0) is 32.0 Å². The number of rotatable bonds is 8. The molecule has 1 heterocycles. The number of aromatic nitrogens is 1. The number of aliphatic hydroxyl groups excluding tert-OH is 1. The predicted molar refractivity (Wildman–Crippen MR) is 74.2 cm³/mol. The van der Waals surface area contributed by atoms with E-state index in [2.05, 4.69) is 16.8 Å². The van der Waals surface area contributed by atoms with Crippen LogP contribution in [-0.2, 0) is 0 Å². The SMILES string of the molecule is CCCCN(CCO)C(c1ccccn1)C(C)N. The second-order valence-electron chi connectivity index (χ2n) is 4.67. The van der Waals surface area contributed by atoms with Gasteiger partial charge < -0.3 is 10.8 Å². The van der Waals surface area contributed by atoms with Crippen LogP contribution in [0, 0.1) is 0 Å². The number of pyridine rings is 1. The van der Waals surface area contributed by atoms with Crippen LogP contribution in [0.3, 0.4) is 0 Å². The van der Waals surface area contributed by atoms with Crippen LogP contribution in [0.5, 0.6) is 0 Å². The topological polar surface area (TPSA) is 62.4 Å². The number of hydrogen-bond donors (Lipinski definition) is 2. The summed E-state index contributed by atoms with van der Waals surface area (Å²) >= 11 is 0. The molecule has 0 aliphatic rings. The Hall–Kier alpha value is -0.970. The van der Waals surface area contributed by atoms with E-state index in [9.17, 15) is 5.11 Å². The monoisotopic (exact) mass is 251 g/mol. The molecule has 4 nitrogen and oxygen atoms in total. The third-order valence-corrected chi connectivity index (χ3v) is 3.07. The molecule has 0 radical (unpaired) electrons. The van der Waals surface area contributed by atoms with Crippen LogP contribution >= 0.6 is 0 Å². The summed E-state index contributed by atoms with van der Waals surface area (Å²) in [6, 6.07) is 5.96. The van der Waals surface area contributed by atoms with E-state index in [0.29, 0.717) is 6.54 Å². The smallest absolute Gasteiger partial charge is 0.0671 e. The zero-order valence-electron chi connectivity index (χ0n) is 11.4. The maximum absolute atomic E-state index is 9.21. The Morgan fingerprint density at radius 2 is 2.17 bits per heavy atom. The summed E-state index contributed by atoms with van der Waals surface area (Å²) in [6.07, 6.45) is 4.04. The number of unbranched alkanes of at least 4 members (excludes halogenated alkanes) is 1. The van der Waals surface area contributed by atoms with E-state index in [0.717, 1.165) is 25.1 Å². The second kappa shape index (κ2) is 8.19. The molecule has 0 aliphatic heterocycles. The van der Waals surface area contributed by atoms with Crippen LogP contribution in [0.15, 0.2) is 24.4 Å². The van der Waals surface area contributed by atoms with Gasteiger partial charge in [0.15, 0.2) is 0 Å². The molecule has 2 unspecified atom stereocenters. The molecular formula is C14H25N3O. The van der Waals surface area contributed by atoms with E-state index in [-0.39, 0.29) is 18.7 Å². The van der Waals surface area contributed by atoms with Crippen molar-refractivity contribution in [1.29, 1.82) is 0 Å². The molecule has 3 N–H and O–H groups in total. The number of nitrogens with zero attached hydrogens (tertiary/aromatic N) is 2. The highest BCUT2D eigenvalue weighted by Crippen LogP contribution is 2.21. The molecule has 0 saturated heterocycles. The van der Waals surface area contributed by atoms with Gasteiger partial charge in [0.05, 0.1) is 18.3 Å². The van der Waals surface area contributed by atoms with Gasteiger partial charge in [-0.3, -0.25) is 9.88 Å². The third kappa shape index (κ3) is 4.37. The molecule has 1 aromatic rings. The Labute approximate surface area is 110 Å². The minimum Gasteiger partial charge on any atom is -0.395 e. The third-order valence-electron chi connectivity index (χ3n) is 3.07. The van der Waals surface area contributed by atoms with Gasteiger partial charge in [0.2, 0.25) is 0 Å². The van der Waals surface area contributed by atoms with E-state index in [4.69, 9.17) is 5.73 Å². The average Bonchev–Trinajstić information content (AvgIpc) is 2.37. The first-order valence-electron chi connectivity index (χ1n) is 6.72. The summed E-state index contributed by atoms with van der Waals surface area (Å²) in [6.45, 7) is 5.90.